The van der Waals surface area contributed by atoms with Crippen LogP contribution in [0, 0.1) is 0 Å². The summed E-state index contributed by atoms with van der Waals surface area (Å²) in [6.07, 6.45) is 3.93. The zero-order chi connectivity index (χ0) is 8.27. The van der Waals surface area contributed by atoms with E-state index in [4.69, 9.17) is 0 Å². The maximum Gasteiger partial charge on any atom is 0.0752 e. The molecule has 0 bridgehead atoms. The molecule has 11 heavy (non-hydrogen) atoms. The van der Waals surface area contributed by atoms with Crippen LogP contribution >= 0.6 is 0 Å². The Bertz CT molecular complexity index is 213. The summed E-state index contributed by atoms with van der Waals surface area (Å²) in [5.74, 6) is 0. The number of rotatable bonds is 3. The Hall–Kier alpha value is -0.990. The average Bonchev–Trinajstić information content (AvgIpc) is 2.39. The lowest BCUT2D eigenvalue weighted by Gasteiger charge is -2.17. The van der Waals surface area contributed by atoms with Crippen molar-refractivity contribution in [2.45, 2.75) is 13.8 Å². The van der Waals surface area contributed by atoms with Crippen molar-refractivity contribution >= 4 is 5.69 Å². The highest BCUT2D eigenvalue weighted by Crippen LogP contribution is 2.10. The molecule has 1 rings (SSSR count). The Labute approximate surface area is 67.6 Å². The van der Waals surface area contributed by atoms with Gasteiger partial charge in [-0.15, -0.1) is 0 Å². The maximum absolute atomic E-state index is 4.11. The van der Waals surface area contributed by atoms with Crippen molar-refractivity contribution in [2.24, 2.45) is 7.05 Å². The van der Waals surface area contributed by atoms with Gasteiger partial charge in [0.05, 0.1) is 11.9 Å². The third kappa shape index (κ3) is 1.73. The summed E-state index contributed by atoms with van der Waals surface area (Å²) >= 11 is 0. The topological polar surface area (TPSA) is 21.1 Å². The van der Waals surface area contributed by atoms with Crippen LogP contribution in [0.2, 0.25) is 0 Å². The van der Waals surface area contributed by atoms with E-state index in [0.717, 1.165) is 13.1 Å². The van der Waals surface area contributed by atoms with Crippen molar-refractivity contribution in [3.8, 4) is 0 Å². The molecule has 0 N–H and O–H groups in total. The Morgan fingerprint density at radius 2 is 2.09 bits per heavy atom. The monoisotopic (exact) mass is 153 g/mol. The van der Waals surface area contributed by atoms with E-state index in [1.54, 1.807) is 0 Å². The predicted octanol–water partition coefficient (Wildman–Crippen LogP) is 1.27. The SMILES string of the molecule is CCN(CC)c1cnn(C)c1. The van der Waals surface area contributed by atoms with Crippen molar-refractivity contribution < 1.29 is 0 Å². The van der Waals surface area contributed by atoms with Crippen molar-refractivity contribution in [3.63, 3.8) is 0 Å². The van der Waals surface area contributed by atoms with E-state index in [9.17, 15) is 0 Å². The van der Waals surface area contributed by atoms with Gasteiger partial charge in [-0.2, -0.15) is 5.10 Å². The summed E-state index contributed by atoms with van der Waals surface area (Å²) in [4.78, 5) is 2.27. The van der Waals surface area contributed by atoms with Gasteiger partial charge < -0.3 is 4.90 Å². The molecule has 3 nitrogen and oxygen atoms in total. The van der Waals surface area contributed by atoms with Crippen LogP contribution in [0.5, 0.6) is 0 Å². The molecule has 0 aromatic carbocycles. The molecule has 0 saturated heterocycles. The van der Waals surface area contributed by atoms with Crippen molar-refractivity contribution in [1.82, 2.24) is 9.78 Å². The first-order chi connectivity index (χ1) is 5.27. The second-order valence-corrected chi connectivity index (χ2v) is 2.54. The van der Waals surface area contributed by atoms with Gasteiger partial charge in [-0.3, -0.25) is 4.68 Å². The molecule has 1 aromatic rings. The minimum atomic E-state index is 1.04. The predicted molar refractivity (Wildman–Crippen MR) is 46.8 cm³/mol. The number of aromatic nitrogens is 2. The van der Waals surface area contributed by atoms with Gasteiger partial charge in [0.15, 0.2) is 0 Å². The second kappa shape index (κ2) is 3.42. The Balaban J connectivity index is 2.73. The molecule has 0 aliphatic carbocycles. The third-order valence-corrected chi connectivity index (χ3v) is 1.82. The van der Waals surface area contributed by atoms with Gasteiger partial charge >= 0.3 is 0 Å². The van der Waals surface area contributed by atoms with Gasteiger partial charge in [-0.25, -0.2) is 0 Å². The highest BCUT2D eigenvalue weighted by molar-refractivity contribution is 5.41. The van der Waals surface area contributed by atoms with Crippen LogP contribution in [0.3, 0.4) is 0 Å². The van der Waals surface area contributed by atoms with Crippen LogP contribution in [-0.4, -0.2) is 22.9 Å². The first-order valence-electron chi connectivity index (χ1n) is 4.01. The lowest BCUT2D eigenvalue weighted by molar-refractivity contribution is 0.766. The highest BCUT2D eigenvalue weighted by Gasteiger charge is 2.01. The summed E-state index contributed by atoms with van der Waals surface area (Å²) in [5.41, 5.74) is 1.21. The lowest BCUT2D eigenvalue weighted by atomic mass is 10.4. The smallest absolute Gasteiger partial charge is 0.0752 e. The van der Waals surface area contributed by atoms with Gasteiger partial charge in [-0.1, -0.05) is 0 Å². The first kappa shape index (κ1) is 8.11. The van der Waals surface area contributed by atoms with E-state index >= 15 is 0 Å². The van der Waals surface area contributed by atoms with Crippen LogP contribution in [0.4, 0.5) is 5.69 Å². The van der Waals surface area contributed by atoms with Crippen LogP contribution in [0.25, 0.3) is 0 Å². The molecule has 0 unspecified atom stereocenters. The van der Waals surface area contributed by atoms with Crippen LogP contribution in [0.15, 0.2) is 12.4 Å². The molecule has 0 aliphatic rings. The van der Waals surface area contributed by atoms with Crippen molar-refractivity contribution in [3.05, 3.63) is 12.4 Å². The fourth-order valence-corrected chi connectivity index (χ4v) is 1.16. The van der Waals surface area contributed by atoms with Crippen LogP contribution in [-0.2, 0) is 7.05 Å². The molecular formula is C8H15N3. The fraction of sp³-hybridized carbons (Fsp3) is 0.625. The zero-order valence-corrected chi connectivity index (χ0v) is 7.41. The number of aryl methyl sites for hydroxylation is 1. The molecule has 3 heteroatoms. The number of anilines is 1. The van der Waals surface area contributed by atoms with E-state index in [0.29, 0.717) is 0 Å². The molecule has 62 valence electrons. The van der Waals surface area contributed by atoms with Gasteiger partial charge in [0.25, 0.3) is 0 Å². The van der Waals surface area contributed by atoms with E-state index < -0.39 is 0 Å². The Kier molecular flexibility index (Phi) is 2.52. The standard InChI is InChI=1S/C8H15N3/c1-4-11(5-2)8-6-9-10(3)7-8/h6-7H,4-5H2,1-3H3. The van der Waals surface area contributed by atoms with Crippen LogP contribution in [0.1, 0.15) is 13.8 Å². The summed E-state index contributed by atoms with van der Waals surface area (Å²) in [5, 5.41) is 4.11. The molecule has 0 aliphatic heterocycles. The molecule has 1 heterocycles. The van der Waals surface area contributed by atoms with Gasteiger partial charge in [0, 0.05) is 26.3 Å². The summed E-state index contributed by atoms with van der Waals surface area (Å²) < 4.78 is 1.83. The minimum absolute atomic E-state index is 1.04. The third-order valence-electron chi connectivity index (χ3n) is 1.82. The average molecular weight is 153 g/mol. The molecule has 0 saturated carbocycles. The summed E-state index contributed by atoms with van der Waals surface area (Å²) in [6, 6.07) is 0. The van der Waals surface area contributed by atoms with E-state index in [-0.39, 0.29) is 0 Å². The Morgan fingerprint density at radius 3 is 2.45 bits per heavy atom. The van der Waals surface area contributed by atoms with E-state index in [1.165, 1.54) is 5.69 Å². The number of nitrogens with zero attached hydrogens (tertiary/aromatic N) is 3. The molecule has 0 atom stereocenters. The van der Waals surface area contributed by atoms with E-state index in [2.05, 4.69) is 23.8 Å². The molecule has 0 amide bonds. The summed E-state index contributed by atoms with van der Waals surface area (Å²) in [6.45, 7) is 6.39. The Morgan fingerprint density at radius 1 is 1.45 bits per heavy atom. The molecule has 0 radical (unpaired) electrons. The van der Waals surface area contributed by atoms with Gasteiger partial charge in [-0.05, 0) is 13.8 Å². The molecular weight excluding hydrogens is 138 g/mol. The first-order valence-corrected chi connectivity index (χ1v) is 4.01. The highest BCUT2D eigenvalue weighted by atomic mass is 15.3. The second-order valence-electron chi connectivity index (χ2n) is 2.54. The quantitative estimate of drug-likeness (QED) is 0.652. The van der Waals surface area contributed by atoms with Crippen molar-refractivity contribution in [2.75, 3.05) is 18.0 Å². The summed E-state index contributed by atoms with van der Waals surface area (Å²) in [7, 11) is 1.94. The molecule has 0 fully saturated rings. The largest absolute Gasteiger partial charge is 0.370 e. The normalized spacial score (nSPS) is 10.1. The maximum atomic E-state index is 4.11. The van der Waals surface area contributed by atoms with Gasteiger partial charge in [0.1, 0.15) is 0 Å². The fourth-order valence-electron chi connectivity index (χ4n) is 1.16. The lowest BCUT2D eigenvalue weighted by Crippen LogP contribution is -2.21. The molecule has 0 spiro atoms. The van der Waals surface area contributed by atoms with Crippen molar-refractivity contribution in [1.29, 1.82) is 0 Å². The number of hydrogen-bond acceptors (Lipinski definition) is 2. The minimum Gasteiger partial charge on any atom is -0.370 e. The number of hydrogen-bond donors (Lipinski definition) is 0. The van der Waals surface area contributed by atoms with E-state index in [1.807, 2.05) is 24.1 Å². The molecule has 1 aromatic heterocycles. The van der Waals surface area contributed by atoms with Gasteiger partial charge in [0.2, 0.25) is 0 Å². The zero-order valence-electron chi connectivity index (χ0n) is 7.41. The van der Waals surface area contributed by atoms with Crippen LogP contribution < -0.4 is 4.90 Å².